The first-order valence-electron chi connectivity index (χ1n) is 5.39. The first kappa shape index (κ1) is 11.3. The number of aliphatic hydroxyl groups excluding tert-OH is 1. The number of benzene rings is 1. The van der Waals surface area contributed by atoms with Gasteiger partial charge in [0.05, 0.1) is 6.10 Å². The SMILES string of the molecule is CCCC(O)C(C)c1cccc(C)c1. The van der Waals surface area contributed by atoms with Crippen molar-refractivity contribution in [2.75, 3.05) is 0 Å². The highest BCUT2D eigenvalue weighted by Gasteiger charge is 2.14. The van der Waals surface area contributed by atoms with Crippen molar-refractivity contribution in [1.29, 1.82) is 0 Å². The van der Waals surface area contributed by atoms with Gasteiger partial charge < -0.3 is 5.11 Å². The van der Waals surface area contributed by atoms with E-state index < -0.39 is 0 Å². The van der Waals surface area contributed by atoms with Gasteiger partial charge in [0.1, 0.15) is 0 Å². The van der Waals surface area contributed by atoms with E-state index in [4.69, 9.17) is 0 Å². The second-order valence-electron chi connectivity index (χ2n) is 4.06. The number of rotatable bonds is 4. The number of aryl methyl sites for hydroxylation is 1. The zero-order valence-electron chi connectivity index (χ0n) is 9.33. The molecular weight excluding hydrogens is 172 g/mol. The van der Waals surface area contributed by atoms with Crippen molar-refractivity contribution in [3.05, 3.63) is 35.4 Å². The Balaban J connectivity index is 2.73. The molecule has 0 saturated carbocycles. The van der Waals surface area contributed by atoms with Gasteiger partial charge in [0.15, 0.2) is 0 Å². The topological polar surface area (TPSA) is 20.2 Å². The van der Waals surface area contributed by atoms with Crippen molar-refractivity contribution >= 4 is 0 Å². The van der Waals surface area contributed by atoms with E-state index in [0.29, 0.717) is 0 Å². The Kier molecular flexibility index (Phi) is 4.15. The Morgan fingerprint density at radius 1 is 1.36 bits per heavy atom. The Morgan fingerprint density at radius 3 is 2.64 bits per heavy atom. The minimum Gasteiger partial charge on any atom is -0.393 e. The highest BCUT2D eigenvalue weighted by molar-refractivity contribution is 5.25. The van der Waals surface area contributed by atoms with Gasteiger partial charge in [0.25, 0.3) is 0 Å². The Morgan fingerprint density at radius 2 is 2.07 bits per heavy atom. The van der Waals surface area contributed by atoms with Crippen LogP contribution in [-0.4, -0.2) is 11.2 Å². The van der Waals surface area contributed by atoms with Crippen LogP contribution in [0.2, 0.25) is 0 Å². The third kappa shape index (κ3) is 2.85. The Labute approximate surface area is 86.8 Å². The lowest BCUT2D eigenvalue weighted by Crippen LogP contribution is -2.15. The van der Waals surface area contributed by atoms with Crippen molar-refractivity contribution in [2.45, 2.75) is 45.6 Å². The summed E-state index contributed by atoms with van der Waals surface area (Å²) >= 11 is 0. The minimum absolute atomic E-state index is 0.207. The third-order valence-corrected chi connectivity index (χ3v) is 2.73. The smallest absolute Gasteiger partial charge is 0.0606 e. The van der Waals surface area contributed by atoms with Crippen molar-refractivity contribution in [3.63, 3.8) is 0 Å². The molecule has 2 atom stereocenters. The summed E-state index contributed by atoms with van der Waals surface area (Å²) in [5.74, 6) is 0.245. The van der Waals surface area contributed by atoms with Gasteiger partial charge in [-0.1, -0.05) is 50.1 Å². The molecule has 0 amide bonds. The zero-order valence-corrected chi connectivity index (χ0v) is 9.33. The molecule has 0 aromatic heterocycles. The highest BCUT2D eigenvalue weighted by Crippen LogP contribution is 2.22. The Hall–Kier alpha value is -0.820. The van der Waals surface area contributed by atoms with E-state index in [1.165, 1.54) is 11.1 Å². The second kappa shape index (κ2) is 5.16. The van der Waals surface area contributed by atoms with Gasteiger partial charge in [-0.05, 0) is 18.9 Å². The summed E-state index contributed by atoms with van der Waals surface area (Å²) in [6.45, 7) is 6.28. The monoisotopic (exact) mass is 192 g/mol. The third-order valence-electron chi connectivity index (χ3n) is 2.73. The molecule has 1 rings (SSSR count). The van der Waals surface area contributed by atoms with Gasteiger partial charge in [-0.3, -0.25) is 0 Å². The van der Waals surface area contributed by atoms with Crippen molar-refractivity contribution in [2.24, 2.45) is 0 Å². The van der Waals surface area contributed by atoms with Gasteiger partial charge in [-0.25, -0.2) is 0 Å². The van der Waals surface area contributed by atoms with Gasteiger partial charge in [-0.2, -0.15) is 0 Å². The molecule has 1 heteroatoms. The normalized spacial score (nSPS) is 15.1. The van der Waals surface area contributed by atoms with Crippen LogP contribution in [0.5, 0.6) is 0 Å². The maximum Gasteiger partial charge on any atom is 0.0606 e. The molecule has 1 aromatic carbocycles. The summed E-state index contributed by atoms with van der Waals surface area (Å²) in [5, 5.41) is 9.86. The molecule has 2 unspecified atom stereocenters. The first-order valence-corrected chi connectivity index (χ1v) is 5.39. The van der Waals surface area contributed by atoms with Gasteiger partial charge in [0, 0.05) is 5.92 Å². The van der Waals surface area contributed by atoms with Crippen LogP contribution in [-0.2, 0) is 0 Å². The van der Waals surface area contributed by atoms with Crippen LogP contribution in [0.1, 0.15) is 43.7 Å². The highest BCUT2D eigenvalue weighted by atomic mass is 16.3. The van der Waals surface area contributed by atoms with E-state index in [1.807, 2.05) is 0 Å². The molecule has 1 nitrogen and oxygen atoms in total. The first-order chi connectivity index (χ1) is 6.65. The molecule has 1 aromatic rings. The summed E-state index contributed by atoms with van der Waals surface area (Å²) in [6.07, 6.45) is 1.72. The van der Waals surface area contributed by atoms with E-state index in [1.54, 1.807) is 0 Å². The zero-order chi connectivity index (χ0) is 10.6. The maximum absolute atomic E-state index is 9.86. The summed E-state index contributed by atoms with van der Waals surface area (Å²) in [5.41, 5.74) is 2.50. The fourth-order valence-corrected chi connectivity index (χ4v) is 1.72. The predicted octanol–water partition coefficient (Wildman–Crippen LogP) is 3.26. The summed E-state index contributed by atoms with van der Waals surface area (Å²) in [7, 11) is 0. The average Bonchev–Trinajstić information content (AvgIpc) is 2.17. The molecule has 0 heterocycles. The number of aliphatic hydroxyl groups is 1. The van der Waals surface area contributed by atoms with Crippen LogP contribution in [0.3, 0.4) is 0 Å². The number of hydrogen-bond donors (Lipinski definition) is 1. The molecule has 0 aliphatic rings. The molecule has 0 saturated heterocycles. The van der Waals surface area contributed by atoms with Gasteiger partial charge in [-0.15, -0.1) is 0 Å². The number of hydrogen-bond acceptors (Lipinski definition) is 1. The lowest BCUT2D eigenvalue weighted by molar-refractivity contribution is 0.138. The van der Waals surface area contributed by atoms with Crippen LogP contribution in [0.15, 0.2) is 24.3 Å². The van der Waals surface area contributed by atoms with Crippen LogP contribution in [0.4, 0.5) is 0 Å². The molecule has 0 aliphatic heterocycles. The second-order valence-corrected chi connectivity index (χ2v) is 4.06. The van der Waals surface area contributed by atoms with Gasteiger partial charge >= 0.3 is 0 Å². The average molecular weight is 192 g/mol. The molecule has 0 bridgehead atoms. The van der Waals surface area contributed by atoms with E-state index in [-0.39, 0.29) is 12.0 Å². The molecule has 78 valence electrons. The molecule has 0 radical (unpaired) electrons. The largest absolute Gasteiger partial charge is 0.393 e. The minimum atomic E-state index is -0.207. The van der Waals surface area contributed by atoms with Crippen molar-refractivity contribution < 1.29 is 5.11 Å². The molecule has 0 aliphatic carbocycles. The molecular formula is C13H20O. The van der Waals surface area contributed by atoms with E-state index >= 15 is 0 Å². The van der Waals surface area contributed by atoms with Crippen LogP contribution >= 0.6 is 0 Å². The van der Waals surface area contributed by atoms with E-state index in [0.717, 1.165) is 12.8 Å². The van der Waals surface area contributed by atoms with E-state index in [9.17, 15) is 5.11 Å². The van der Waals surface area contributed by atoms with Crippen molar-refractivity contribution in [3.8, 4) is 0 Å². The molecule has 0 fully saturated rings. The lowest BCUT2D eigenvalue weighted by Gasteiger charge is -2.18. The Bertz CT molecular complexity index is 280. The summed E-state index contributed by atoms with van der Waals surface area (Å²) in [6, 6.07) is 8.39. The summed E-state index contributed by atoms with van der Waals surface area (Å²) in [4.78, 5) is 0. The lowest BCUT2D eigenvalue weighted by atomic mass is 9.92. The van der Waals surface area contributed by atoms with Crippen LogP contribution in [0, 0.1) is 6.92 Å². The van der Waals surface area contributed by atoms with Crippen LogP contribution < -0.4 is 0 Å². The molecule has 0 spiro atoms. The van der Waals surface area contributed by atoms with Crippen LogP contribution in [0.25, 0.3) is 0 Å². The van der Waals surface area contributed by atoms with E-state index in [2.05, 4.69) is 45.0 Å². The fraction of sp³-hybridized carbons (Fsp3) is 0.538. The van der Waals surface area contributed by atoms with Gasteiger partial charge in [0.2, 0.25) is 0 Å². The quantitative estimate of drug-likeness (QED) is 0.776. The standard InChI is InChI=1S/C13H20O/c1-4-6-13(14)11(3)12-8-5-7-10(2)9-12/h5,7-9,11,13-14H,4,6H2,1-3H3. The predicted molar refractivity (Wildman–Crippen MR) is 60.5 cm³/mol. The molecule has 14 heavy (non-hydrogen) atoms. The maximum atomic E-state index is 9.86. The van der Waals surface area contributed by atoms with Crippen molar-refractivity contribution in [1.82, 2.24) is 0 Å². The molecule has 1 N–H and O–H groups in total. The summed E-state index contributed by atoms with van der Waals surface area (Å²) < 4.78 is 0. The fourth-order valence-electron chi connectivity index (χ4n) is 1.72.